The first-order chi connectivity index (χ1) is 12.6. The van der Waals surface area contributed by atoms with Crippen molar-refractivity contribution in [1.29, 1.82) is 0 Å². The summed E-state index contributed by atoms with van der Waals surface area (Å²) in [5.74, 6) is -1.69. The second-order valence-electron chi connectivity index (χ2n) is 6.93. The predicted molar refractivity (Wildman–Crippen MR) is 107 cm³/mol. The van der Waals surface area contributed by atoms with Gasteiger partial charge >= 0.3 is 5.97 Å². The fourth-order valence-electron chi connectivity index (χ4n) is 2.81. The van der Waals surface area contributed by atoms with E-state index in [1.807, 2.05) is 45.0 Å². The van der Waals surface area contributed by atoms with Crippen molar-refractivity contribution >= 4 is 16.0 Å². The third-order valence-corrected chi connectivity index (χ3v) is 5.68. The molecule has 144 valence electrons. The molecule has 0 heterocycles. The Bertz CT molecular complexity index is 925. The fraction of sp³-hybridized carbons (Fsp3) is 0.286. The summed E-state index contributed by atoms with van der Waals surface area (Å²) in [6.07, 6.45) is 1.74. The lowest BCUT2D eigenvalue weighted by molar-refractivity contribution is -0.139. The summed E-state index contributed by atoms with van der Waals surface area (Å²) in [5, 5.41) is 9.43. The summed E-state index contributed by atoms with van der Waals surface area (Å²) in [7, 11) is -3.95. The summed E-state index contributed by atoms with van der Waals surface area (Å²) in [4.78, 5) is 11.6. The fourth-order valence-corrected chi connectivity index (χ4v) is 4.09. The Labute approximate surface area is 160 Å². The molecule has 6 heteroatoms. The molecule has 0 amide bonds. The average Bonchev–Trinajstić information content (AvgIpc) is 2.59. The van der Waals surface area contributed by atoms with Gasteiger partial charge in [-0.25, -0.2) is 8.42 Å². The summed E-state index contributed by atoms with van der Waals surface area (Å²) in [6.45, 7) is 7.36. The molecule has 0 aromatic heterocycles. The zero-order chi connectivity index (χ0) is 20.2. The number of hydrogen-bond acceptors (Lipinski definition) is 3. The van der Waals surface area contributed by atoms with E-state index in [0.29, 0.717) is 0 Å². The van der Waals surface area contributed by atoms with Gasteiger partial charge in [0.15, 0.2) is 0 Å². The molecule has 2 unspecified atom stereocenters. The molecule has 0 saturated carbocycles. The van der Waals surface area contributed by atoms with E-state index >= 15 is 0 Å². The number of sulfonamides is 1. The smallest absolute Gasteiger partial charge is 0.322 e. The molecular weight excluding hydrogens is 362 g/mol. The van der Waals surface area contributed by atoms with Crippen LogP contribution in [-0.2, 0) is 14.8 Å². The Hall–Kier alpha value is -2.44. The molecule has 5 nitrogen and oxygen atoms in total. The summed E-state index contributed by atoms with van der Waals surface area (Å²) < 4.78 is 27.6. The number of carboxylic acid groups (broad SMARTS) is 1. The van der Waals surface area contributed by atoms with Crippen molar-refractivity contribution in [2.24, 2.45) is 5.92 Å². The first kappa shape index (κ1) is 20.9. The Morgan fingerprint density at radius 3 is 1.93 bits per heavy atom. The quantitative estimate of drug-likeness (QED) is 0.704. The van der Waals surface area contributed by atoms with Crippen LogP contribution in [0.3, 0.4) is 0 Å². The van der Waals surface area contributed by atoms with Crippen molar-refractivity contribution in [2.45, 2.75) is 38.6 Å². The van der Waals surface area contributed by atoms with Gasteiger partial charge in [0.25, 0.3) is 0 Å². The molecule has 0 aliphatic rings. The lowest BCUT2D eigenvalue weighted by Gasteiger charge is -2.19. The van der Waals surface area contributed by atoms with Crippen LogP contribution in [0.2, 0.25) is 0 Å². The van der Waals surface area contributed by atoms with E-state index in [4.69, 9.17) is 0 Å². The van der Waals surface area contributed by atoms with Crippen LogP contribution >= 0.6 is 0 Å². The number of nitrogens with one attached hydrogen (secondary N) is 1. The van der Waals surface area contributed by atoms with Crippen LogP contribution in [0.25, 0.3) is 11.1 Å². The van der Waals surface area contributed by atoms with Gasteiger partial charge in [0, 0.05) is 5.92 Å². The van der Waals surface area contributed by atoms with Gasteiger partial charge < -0.3 is 5.11 Å². The van der Waals surface area contributed by atoms with Crippen LogP contribution in [0, 0.1) is 12.8 Å². The second kappa shape index (κ2) is 8.50. The molecule has 2 atom stereocenters. The molecule has 2 aromatic carbocycles. The average molecular weight is 388 g/mol. The molecule has 0 spiro atoms. The first-order valence-electron chi connectivity index (χ1n) is 8.67. The van der Waals surface area contributed by atoms with Gasteiger partial charge in [-0.15, -0.1) is 0 Å². The van der Waals surface area contributed by atoms with Crippen LogP contribution in [0.1, 0.15) is 26.3 Å². The highest BCUT2D eigenvalue weighted by Crippen LogP contribution is 2.22. The Morgan fingerprint density at radius 2 is 1.48 bits per heavy atom. The van der Waals surface area contributed by atoms with Crippen LogP contribution in [0.4, 0.5) is 0 Å². The van der Waals surface area contributed by atoms with E-state index in [1.54, 1.807) is 25.1 Å². The molecule has 2 rings (SSSR count). The molecule has 0 fully saturated rings. The third-order valence-electron chi connectivity index (χ3n) is 4.22. The third kappa shape index (κ3) is 5.52. The van der Waals surface area contributed by atoms with E-state index in [9.17, 15) is 18.3 Å². The van der Waals surface area contributed by atoms with Gasteiger partial charge in [-0.3, -0.25) is 4.79 Å². The Balaban J connectivity index is 2.26. The van der Waals surface area contributed by atoms with Crippen LogP contribution in [0.15, 0.2) is 65.1 Å². The highest BCUT2D eigenvalue weighted by atomic mass is 32.2. The van der Waals surface area contributed by atoms with E-state index < -0.39 is 28.0 Å². The number of rotatable bonds is 7. The van der Waals surface area contributed by atoms with E-state index in [-0.39, 0.29) is 4.90 Å². The van der Waals surface area contributed by atoms with Gasteiger partial charge in [-0.2, -0.15) is 4.72 Å². The summed E-state index contributed by atoms with van der Waals surface area (Å²) >= 11 is 0. The van der Waals surface area contributed by atoms with Crippen molar-refractivity contribution in [3.63, 3.8) is 0 Å². The van der Waals surface area contributed by atoms with Gasteiger partial charge in [0.1, 0.15) is 6.04 Å². The Kier molecular flexibility index (Phi) is 6.57. The normalized spacial score (nSPS) is 13.6. The lowest BCUT2D eigenvalue weighted by atomic mass is 10.0. The molecule has 0 radical (unpaired) electrons. The molecule has 0 aliphatic carbocycles. The maximum absolute atomic E-state index is 12.6. The highest BCUT2D eigenvalue weighted by Gasteiger charge is 2.29. The standard InChI is InChI=1S/C21H25NO4S/c1-14(2)13-16(4)20(21(23)24)22-27(25,26)19-11-9-18(10-12-19)17-7-5-15(3)6-8-17/h5-13,16,20,22H,1-4H3,(H,23,24). The number of hydrogen-bond donors (Lipinski definition) is 2. The van der Waals surface area contributed by atoms with Gasteiger partial charge in [-0.1, -0.05) is 60.5 Å². The van der Waals surface area contributed by atoms with Crippen molar-refractivity contribution in [1.82, 2.24) is 4.72 Å². The number of aliphatic carboxylic acids is 1. The van der Waals surface area contributed by atoms with Crippen LogP contribution in [0.5, 0.6) is 0 Å². The Morgan fingerprint density at radius 1 is 1.00 bits per heavy atom. The van der Waals surface area contributed by atoms with Crippen LogP contribution in [-0.4, -0.2) is 25.5 Å². The minimum Gasteiger partial charge on any atom is -0.480 e. The number of carbonyl (C=O) groups is 1. The monoisotopic (exact) mass is 387 g/mol. The summed E-state index contributed by atoms with van der Waals surface area (Å²) in [5.41, 5.74) is 3.95. The zero-order valence-corrected chi connectivity index (χ0v) is 16.7. The maximum atomic E-state index is 12.6. The number of benzene rings is 2. The van der Waals surface area contributed by atoms with E-state index in [1.165, 1.54) is 12.1 Å². The molecule has 2 N–H and O–H groups in total. The predicted octanol–water partition coefficient (Wildman–Crippen LogP) is 4.00. The topological polar surface area (TPSA) is 83.5 Å². The molecule has 27 heavy (non-hydrogen) atoms. The zero-order valence-electron chi connectivity index (χ0n) is 15.9. The van der Waals surface area contributed by atoms with Gasteiger partial charge in [0.05, 0.1) is 4.90 Å². The summed E-state index contributed by atoms with van der Waals surface area (Å²) in [6, 6.07) is 13.1. The van der Waals surface area contributed by atoms with Crippen molar-refractivity contribution < 1.29 is 18.3 Å². The largest absolute Gasteiger partial charge is 0.480 e. The molecule has 0 aliphatic heterocycles. The molecule has 0 bridgehead atoms. The highest BCUT2D eigenvalue weighted by molar-refractivity contribution is 7.89. The molecule has 2 aromatic rings. The van der Waals surface area contributed by atoms with E-state index in [2.05, 4.69) is 4.72 Å². The second-order valence-corrected chi connectivity index (χ2v) is 8.64. The number of allylic oxidation sites excluding steroid dienone is 1. The van der Waals surface area contributed by atoms with Crippen molar-refractivity contribution in [2.75, 3.05) is 0 Å². The van der Waals surface area contributed by atoms with Crippen molar-refractivity contribution in [3.8, 4) is 11.1 Å². The maximum Gasteiger partial charge on any atom is 0.322 e. The minimum absolute atomic E-state index is 0.0361. The first-order valence-corrected chi connectivity index (χ1v) is 10.2. The lowest BCUT2D eigenvalue weighted by Crippen LogP contribution is -2.44. The van der Waals surface area contributed by atoms with E-state index in [0.717, 1.165) is 22.3 Å². The van der Waals surface area contributed by atoms with Gasteiger partial charge in [-0.05, 0) is 44.0 Å². The molecule has 0 saturated heterocycles. The van der Waals surface area contributed by atoms with Gasteiger partial charge in [0.2, 0.25) is 10.0 Å². The number of carboxylic acids is 1. The molecular formula is C21H25NO4S. The SMILES string of the molecule is CC(C)=CC(C)C(NS(=O)(=O)c1ccc(-c2ccc(C)cc2)cc1)C(=O)O. The van der Waals surface area contributed by atoms with Crippen molar-refractivity contribution in [3.05, 3.63) is 65.7 Å². The minimum atomic E-state index is -3.95. The van der Waals surface area contributed by atoms with Crippen LogP contribution < -0.4 is 4.72 Å². The number of aryl methyl sites for hydroxylation is 1.